The van der Waals surface area contributed by atoms with Gasteiger partial charge in [0.15, 0.2) is 11.5 Å². The fourth-order valence-electron chi connectivity index (χ4n) is 4.16. The summed E-state index contributed by atoms with van der Waals surface area (Å²) in [6.45, 7) is 12.8. The summed E-state index contributed by atoms with van der Waals surface area (Å²) >= 11 is 0. The van der Waals surface area contributed by atoms with Crippen LogP contribution in [-0.4, -0.2) is 39.4 Å². The number of carbonyl (C=O) groups excluding carboxylic acids is 2. The third-order valence-corrected chi connectivity index (χ3v) is 6.68. The highest BCUT2D eigenvalue weighted by Gasteiger charge is 2.24. The Kier molecular flexibility index (Phi) is 16.1. The summed E-state index contributed by atoms with van der Waals surface area (Å²) in [5.74, 6) is 0.295. The summed E-state index contributed by atoms with van der Waals surface area (Å²) in [5, 5.41) is 0. The summed E-state index contributed by atoms with van der Waals surface area (Å²) in [6, 6.07) is 3.59. The van der Waals surface area contributed by atoms with E-state index in [-0.39, 0.29) is 30.6 Å². The summed E-state index contributed by atoms with van der Waals surface area (Å²) in [5.41, 5.74) is 1.34. The number of rotatable bonds is 19. The van der Waals surface area contributed by atoms with E-state index in [0.717, 1.165) is 56.9 Å². The molecule has 37 heavy (non-hydrogen) atoms. The highest BCUT2D eigenvalue weighted by Crippen LogP contribution is 2.34. The second-order valence-electron chi connectivity index (χ2n) is 9.50. The van der Waals surface area contributed by atoms with Gasteiger partial charge in [-0.1, -0.05) is 72.3 Å². The molecule has 0 saturated heterocycles. The lowest BCUT2D eigenvalue weighted by Gasteiger charge is -2.17. The van der Waals surface area contributed by atoms with Crippen LogP contribution in [0.4, 0.5) is 0 Å². The lowest BCUT2D eigenvalue weighted by atomic mass is 10.0. The van der Waals surface area contributed by atoms with Gasteiger partial charge in [-0.3, -0.25) is 0 Å². The van der Waals surface area contributed by atoms with Crippen LogP contribution in [0, 0.1) is 11.8 Å². The molecule has 2 atom stereocenters. The lowest BCUT2D eigenvalue weighted by Crippen LogP contribution is -2.23. The minimum atomic E-state index is -0.665. The predicted molar refractivity (Wildman–Crippen MR) is 150 cm³/mol. The van der Waals surface area contributed by atoms with Crippen LogP contribution in [-0.2, 0) is 25.5 Å². The highest BCUT2D eigenvalue weighted by atomic mass is 16.6. The average Bonchev–Trinajstić information content (AvgIpc) is 2.91. The van der Waals surface area contributed by atoms with Crippen LogP contribution in [0.25, 0.3) is 6.08 Å². The van der Waals surface area contributed by atoms with E-state index in [1.54, 1.807) is 26.4 Å². The van der Waals surface area contributed by atoms with Crippen molar-refractivity contribution in [3.63, 3.8) is 0 Å². The quantitative estimate of drug-likeness (QED) is 0.0630. The smallest absolute Gasteiger partial charge is 0.345 e. The van der Waals surface area contributed by atoms with Crippen molar-refractivity contribution in [1.82, 2.24) is 0 Å². The van der Waals surface area contributed by atoms with Crippen LogP contribution in [0.5, 0.6) is 11.5 Å². The van der Waals surface area contributed by atoms with Crippen LogP contribution in [0.15, 0.2) is 30.4 Å². The third kappa shape index (κ3) is 11.0. The van der Waals surface area contributed by atoms with Crippen molar-refractivity contribution in [3.8, 4) is 11.5 Å². The Morgan fingerprint density at radius 3 is 1.81 bits per heavy atom. The molecule has 0 aliphatic heterocycles. The molecule has 2 unspecified atom stereocenters. The van der Waals surface area contributed by atoms with Gasteiger partial charge in [-0.15, -0.1) is 6.58 Å². The van der Waals surface area contributed by atoms with Gasteiger partial charge in [-0.25, -0.2) is 9.59 Å². The topological polar surface area (TPSA) is 71.1 Å². The molecule has 0 fully saturated rings. The molecule has 208 valence electrons. The summed E-state index contributed by atoms with van der Waals surface area (Å²) in [7, 11) is 3.13. The predicted octanol–water partition coefficient (Wildman–Crippen LogP) is 7.33. The van der Waals surface area contributed by atoms with Gasteiger partial charge in [-0.05, 0) is 54.9 Å². The molecular weight excluding hydrogens is 468 g/mol. The Morgan fingerprint density at radius 1 is 0.865 bits per heavy atom. The zero-order valence-electron chi connectivity index (χ0n) is 23.9. The zero-order chi connectivity index (χ0) is 27.6. The molecule has 0 saturated carbocycles. The first-order chi connectivity index (χ1) is 17.9. The second-order valence-corrected chi connectivity index (χ2v) is 9.50. The van der Waals surface area contributed by atoms with Crippen molar-refractivity contribution in [1.29, 1.82) is 0 Å². The molecule has 0 spiro atoms. The average molecular weight is 517 g/mol. The molecule has 0 radical (unpaired) electrons. The van der Waals surface area contributed by atoms with Gasteiger partial charge < -0.3 is 18.9 Å². The number of hydrogen-bond acceptors (Lipinski definition) is 6. The largest absolute Gasteiger partial charge is 0.493 e. The number of hydrogen-bond donors (Lipinski definition) is 0. The van der Waals surface area contributed by atoms with E-state index in [4.69, 9.17) is 18.9 Å². The highest BCUT2D eigenvalue weighted by molar-refractivity contribution is 6.17. The van der Waals surface area contributed by atoms with Crippen LogP contribution < -0.4 is 9.47 Å². The molecule has 0 N–H and O–H groups in total. The first-order valence-electron chi connectivity index (χ1n) is 13.8. The molecular formula is C31H48O6. The first kappa shape index (κ1) is 32.3. The molecule has 0 aliphatic rings. The van der Waals surface area contributed by atoms with Gasteiger partial charge in [0.05, 0.1) is 27.4 Å². The van der Waals surface area contributed by atoms with Crippen LogP contribution in [0.1, 0.15) is 90.2 Å². The van der Waals surface area contributed by atoms with Crippen molar-refractivity contribution in [3.05, 3.63) is 41.5 Å². The van der Waals surface area contributed by atoms with Gasteiger partial charge in [0.2, 0.25) is 0 Å². The van der Waals surface area contributed by atoms with Gasteiger partial charge >= 0.3 is 11.9 Å². The van der Waals surface area contributed by atoms with E-state index < -0.39 is 11.9 Å². The first-order valence-corrected chi connectivity index (χ1v) is 13.8. The molecule has 1 aromatic carbocycles. The van der Waals surface area contributed by atoms with E-state index in [1.165, 1.54) is 6.08 Å². The molecule has 1 rings (SSSR count). The summed E-state index contributed by atoms with van der Waals surface area (Å²) in [4.78, 5) is 26.4. The van der Waals surface area contributed by atoms with Crippen LogP contribution in [0.2, 0.25) is 0 Å². The summed E-state index contributed by atoms with van der Waals surface area (Å²) < 4.78 is 22.3. The van der Waals surface area contributed by atoms with Crippen molar-refractivity contribution in [2.24, 2.45) is 11.8 Å². The van der Waals surface area contributed by atoms with Crippen molar-refractivity contribution in [2.45, 2.75) is 85.5 Å². The Bertz CT molecular complexity index is 839. The molecule has 0 aromatic heterocycles. The number of unbranched alkanes of at least 4 members (excludes halogenated alkanes) is 2. The van der Waals surface area contributed by atoms with E-state index in [0.29, 0.717) is 23.5 Å². The Labute approximate surface area is 224 Å². The standard InChI is InChI=1S/C31H48O6/c1-8-13-16-23(11-4)21-36-30(32)27(31(33)37-22-24(12-5)17-14-9-2)19-25-18-26(15-10-3)29(35-7)28(20-25)34-6/h10,18-20,23-24H,3,8-9,11-17,21-22H2,1-2,4-7H3. The Balaban J connectivity index is 3.30. The Hall–Kier alpha value is -2.76. The normalized spacial score (nSPS) is 12.3. The van der Waals surface area contributed by atoms with Crippen molar-refractivity contribution >= 4 is 18.0 Å². The number of allylic oxidation sites excluding steroid dienone is 1. The van der Waals surface area contributed by atoms with E-state index in [2.05, 4.69) is 34.3 Å². The van der Waals surface area contributed by atoms with Gasteiger partial charge in [0, 0.05) is 5.56 Å². The van der Waals surface area contributed by atoms with E-state index in [9.17, 15) is 9.59 Å². The number of ether oxygens (including phenoxy) is 4. The monoisotopic (exact) mass is 516 g/mol. The van der Waals surface area contributed by atoms with Gasteiger partial charge in [0.1, 0.15) is 5.57 Å². The molecule has 0 bridgehead atoms. The van der Waals surface area contributed by atoms with Gasteiger partial charge in [-0.2, -0.15) is 0 Å². The molecule has 6 heteroatoms. The number of carbonyl (C=O) groups is 2. The fraction of sp³-hybridized carbons (Fsp3) is 0.613. The number of benzene rings is 1. The molecule has 0 heterocycles. The maximum Gasteiger partial charge on any atom is 0.345 e. The number of methoxy groups -OCH3 is 2. The lowest BCUT2D eigenvalue weighted by molar-refractivity contribution is -0.148. The van der Waals surface area contributed by atoms with Gasteiger partial charge in [0.25, 0.3) is 0 Å². The fourth-order valence-corrected chi connectivity index (χ4v) is 4.16. The van der Waals surface area contributed by atoms with E-state index in [1.807, 2.05) is 6.07 Å². The third-order valence-electron chi connectivity index (χ3n) is 6.68. The second kappa shape index (κ2) is 18.5. The molecule has 0 aliphatic carbocycles. The van der Waals surface area contributed by atoms with Crippen LogP contribution >= 0.6 is 0 Å². The number of esters is 2. The van der Waals surface area contributed by atoms with E-state index >= 15 is 0 Å². The molecule has 1 aromatic rings. The SMILES string of the molecule is C=CCc1cc(C=C(C(=O)OCC(CC)CCCC)C(=O)OCC(CC)CCCC)cc(OC)c1OC. The van der Waals surface area contributed by atoms with Crippen LogP contribution in [0.3, 0.4) is 0 Å². The minimum Gasteiger partial charge on any atom is -0.493 e. The molecule has 0 amide bonds. The summed E-state index contributed by atoms with van der Waals surface area (Å²) in [6.07, 6.45) is 11.9. The van der Waals surface area contributed by atoms with Crippen molar-refractivity contribution < 1.29 is 28.5 Å². The minimum absolute atomic E-state index is 0.118. The maximum atomic E-state index is 13.2. The maximum absolute atomic E-state index is 13.2. The molecule has 6 nitrogen and oxygen atoms in total. The van der Waals surface area contributed by atoms with Crippen molar-refractivity contribution in [2.75, 3.05) is 27.4 Å². The Morgan fingerprint density at radius 2 is 1.41 bits per heavy atom. The zero-order valence-corrected chi connectivity index (χ0v) is 23.9.